The lowest BCUT2D eigenvalue weighted by Crippen LogP contribution is -2.21. The van der Waals surface area contributed by atoms with E-state index in [1.54, 1.807) is 0 Å². The Morgan fingerprint density at radius 3 is 2.19 bits per heavy atom. The van der Waals surface area contributed by atoms with Crippen LogP contribution in [-0.4, -0.2) is 11.8 Å². The fourth-order valence-electron chi connectivity index (χ4n) is 1.37. The molecular weight excluding hydrogens is 214 g/mol. The highest BCUT2D eigenvalue weighted by atomic mass is 32.2. The van der Waals surface area contributed by atoms with Crippen LogP contribution in [0.5, 0.6) is 0 Å². The number of hydrogen-bond acceptors (Lipinski definition) is 2. The van der Waals surface area contributed by atoms with Crippen molar-refractivity contribution in [3.05, 3.63) is 29.8 Å². The third kappa shape index (κ3) is 4.18. The van der Waals surface area contributed by atoms with E-state index in [1.807, 2.05) is 11.8 Å². The van der Waals surface area contributed by atoms with Crippen LogP contribution < -0.4 is 5.73 Å². The second-order valence-corrected chi connectivity index (χ2v) is 6.35. The Balaban J connectivity index is 2.58. The van der Waals surface area contributed by atoms with Crippen LogP contribution in [0.1, 0.15) is 39.7 Å². The summed E-state index contributed by atoms with van der Waals surface area (Å²) in [5.74, 6) is 1.01. The maximum Gasteiger partial charge on any atom is 0.0132 e. The Morgan fingerprint density at radius 2 is 1.75 bits per heavy atom. The molecule has 0 aromatic heterocycles. The molecule has 0 saturated carbocycles. The van der Waals surface area contributed by atoms with Crippen molar-refractivity contribution in [1.82, 2.24) is 0 Å². The van der Waals surface area contributed by atoms with E-state index in [9.17, 15) is 0 Å². The lowest BCUT2D eigenvalue weighted by Gasteiger charge is -2.19. The van der Waals surface area contributed by atoms with E-state index < -0.39 is 0 Å². The van der Waals surface area contributed by atoms with Crippen LogP contribution in [0.15, 0.2) is 29.2 Å². The first-order valence-corrected chi connectivity index (χ1v) is 6.91. The number of rotatable bonds is 4. The summed E-state index contributed by atoms with van der Waals surface area (Å²) in [6.45, 7) is 8.85. The highest BCUT2D eigenvalue weighted by Crippen LogP contribution is 2.25. The molecule has 1 aromatic rings. The normalized spacial score (nSPS) is 13.8. The summed E-state index contributed by atoms with van der Waals surface area (Å²) < 4.78 is 0. The lowest BCUT2D eigenvalue weighted by molar-refractivity contribution is 0.590. The molecule has 0 aliphatic heterocycles. The van der Waals surface area contributed by atoms with E-state index in [1.165, 1.54) is 10.5 Å². The molecule has 2 heteroatoms. The van der Waals surface area contributed by atoms with Crippen molar-refractivity contribution in [2.24, 2.45) is 5.73 Å². The summed E-state index contributed by atoms with van der Waals surface area (Å²) in [7, 11) is 0. The van der Waals surface area contributed by atoms with Crippen molar-refractivity contribution in [3.63, 3.8) is 0 Å². The molecule has 0 amide bonds. The zero-order valence-corrected chi connectivity index (χ0v) is 11.6. The summed E-state index contributed by atoms with van der Waals surface area (Å²) in [6, 6.07) is 9.16. The minimum absolute atomic E-state index is 0.239. The molecule has 1 nitrogen and oxygen atoms in total. The topological polar surface area (TPSA) is 26.0 Å². The lowest BCUT2D eigenvalue weighted by atomic mass is 9.87. The monoisotopic (exact) mass is 237 g/mol. The quantitative estimate of drug-likeness (QED) is 0.806. The highest BCUT2D eigenvalue weighted by Gasteiger charge is 2.12. The Morgan fingerprint density at radius 1 is 1.19 bits per heavy atom. The van der Waals surface area contributed by atoms with Gasteiger partial charge in [-0.2, -0.15) is 0 Å². The van der Waals surface area contributed by atoms with Gasteiger partial charge < -0.3 is 5.73 Å². The van der Waals surface area contributed by atoms with E-state index in [2.05, 4.69) is 52.0 Å². The van der Waals surface area contributed by atoms with Gasteiger partial charge in [-0.1, -0.05) is 39.8 Å². The van der Waals surface area contributed by atoms with E-state index in [-0.39, 0.29) is 5.41 Å². The Labute approximate surface area is 104 Å². The Kier molecular flexibility index (Phi) is 4.88. The average Bonchev–Trinajstić information content (AvgIpc) is 2.25. The molecule has 1 unspecified atom stereocenters. The number of benzene rings is 1. The summed E-state index contributed by atoms with van der Waals surface area (Å²) in [6.07, 6.45) is 1.05. The van der Waals surface area contributed by atoms with Crippen molar-refractivity contribution in [3.8, 4) is 0 Å². The molecule has 2 N–H and O–H groups in total. The fourth-order valence-corrected chi connectivity index (χ4v) is 2.34. The molecule has 0 radical (unpaired) electrons. The van der Waals surface area contributed by atoms with Crippen LogP contribution in [0.4, 0.5) is 0 Å². The third-order valence-corrected chi connectivity index (χ3v) is 3.91. The van der Waals surface area contributed by atoms with Crippen LogP contribution in [0.3, 0.4) is 0 Å². The fraction of sp³-hybridized carbons (Fsp3) is 0.571. The van der Waals surface area contributed by atoms with Crippen LogP contribution in [-0.2, 0) is 5.41 Å². The zero-order valence-electron chi connectivity index (χ0n) is 10.8. The van der Waals surface area contributed by atoms with Crippen LogP contribution in [0.25, 0.3) is 0 Å². The predicted molar refractivity (Wildman–Crippen MR) is 74.1 cm³/mol. The van der Waals surface area contributed by atoms with Gasteiger partial charge in [0.25, 0.3) is 0 Å². The van der Waals surface area contributed by atoms with Gasteiger partial charge in [-0.15, -0.1) is 11.8 Å². The minimum atomic E-state index is 0.239. The molecular formula is C14H23NS. The molecule has 0 heterocycles. The molecule has 0 saturated heterocycles. The molecule has 0 bridgehead atoms. The van der Waals surface area contributed by atoms with E-state index in [4.69, 9.17) is 5.73 Å². The molecule has 1 aromatic carbocycles. The van der Waals surface area contributed by atoms with Crippen LogP contribution in [0.2, 0.25) is 0 Å². The smallest absolute Gasteiger partial charge is 0.0132 e. The Bertz CT molecular complexity index is 311. The van der Waals surface area contributed by atoms with Gasteiger partial charge in [-0.3, -0.25) is 0 Å². The average molecular weight is 237 g/mol. The number of hydrogen-bond donors (Lipinski definition) is 1. The van der Waals surface area contributed by atoms with Crippen molar-refractivity contribution in [1.29, 1.82) is 0 Å². The van der Waals surface area contributed by atoms with E-state index in [0.717, 1.165) is 12.2 Å². The number of thioether (sulfide) groups is 1. The minimum Gasteiger partial charge on any atom is -0.327 e. The molecule has 90 valence electrons. The van der Waals surface area contributed by atoms with Crippen LogP contribution >= 0.6 is 11.8 Å². The van der Waals surface area contributed by atoms with Gasteiger partial charge in [0.2, 0.25) is 0 Å². The molecule has 0 spiro atoms. The Hall–Kier alpha value is -0.470. The van der Waals surface area contributed by atoms with Gasteiger partial charge >= 0.3 is 0 Å². The maximum absolute atomic E-state index is 5.90. The van der Waals surface area contributed by atoms with Gasteiger partial charge in [0.15, 0.2) is 0 Å². The first-order chi connectivity index (χ1) is 7.43. The van der Waals surface area contributed by atoms with Crippen LogP contribution in [0, 0.1) is 0 Å². The number of nitrogens with two attached hydrogens (primary N) is 1. The highest BCUT2D eigenvalue weighted by molar-refractivity contribution is 7.99. The van der Waals surface area contributed by atoms with Gasteiger partial charge in [-0.05, 0) is 29.5 Å². The molecule has 0 aliphatic rings. The third-order valence-electron chi connectivity index (χ3n) is 2.71. The van der Waals surface area contributed by atoms with Crippen molar-refractivity contribution < 1.29 is 0 Å². The van der Waals surface area contributed by atoms with Gasteiger partial charge in [0.05, 0.1) is 0 Å². The zero-order chi connectivity index (χ0) is 12.2. The van der Waals surface area contributed by atoms with Gasteiger partial charge in [-0.25, -0.2) is 0 Å². The van der Waals surface area contributed by atoms with Crippen molar-refractivity contribution >= 4 is 11.8 Å². The second-order valence-electron chi connectivity index (χ2n) is 5.25. The summed E-state index contributed by atoms with van der Waals surface area (Å²) in [5.41, 5.74) is 7.52. The molecule has 1 atom stereocenters. The second kappa shape index (κ2) is 5.74. The molecule has 0 fully saturated rings. The predicted octanol–water partition coefficient (Wildman–Crippen LogP) is 3.81. The molecule has 1 rings (SSSR count). The van der Waals surface area contributed by atoms with Crippen molar-refractivity contribution in [2.75, 3.05) is 5.75 Å². The van der Waals surface area contributed by atoms with Gasteiger partial charge in [0.1, 0.15) is 0 Å². The summed E-state index contributed by atoms with van der Waals surface area (Å²) in [4.78, 5) is 1.32. The van der Waals surface area contributed by atoms with E-state index in [0.29, 0.717) is 6.04 Å². The SMILES string of the molecule is CCC(N)CSc1ccc(C(C)(C)C)cc1. The maximum atomic E-state index is 5.90. The standard InChI is InChI=1S/C14H23NS/c1-5-12(15)10-16-13-8-6-11(7-9-13)14(2,3)4/h6-9,12H,5,10,15H2,1-4H3. The van der Waals surface area contributed by atoms with Gasteiger partial charge in [0, 0.05) is 16.7 Å². The summed E-state index contributed by atoms with van der Waals surface area (Å²) >= 11 is 1.85. The first-order valence-electron chi connectivity index (χ1n) is 5.92. The van der Waals surface area contributed by atoms with Crippen molar-refractivity contribution in [2.45, 2.75) is 50.5 Å². The summed E-state index contributed by atoms with van der Waals surface area (Å²) in [5, 5.41) is 0. The first kappa shape index (κ1) is 13.6. The van der Waals surface area contributed by atoms with E-state index >= 15 is 0 Å². The largest absolute Gasteiger partial charge is 0.327 e. The molecule has 0 aliphatic carbocycles. The molecule has 16 heavy (non-hydrogen) atoms.